The number of amides is 1. The van der Waals surface area contributed by atoms with E-state index in [2.05, 4.69) is 23.3 Å². The Kier molecular flexibility index (Phi) is 4.13. The van der Waals surface area contributed by atoms with Gasteiger partial charge >= 0.3 is 0 Å². The molecule has 1 fully saturated rings. The lowest BCUT2D eigenvalue weighted by atomic mass is 9.84. The van der Waals surface area contributed by atoms with Gasteiger partial charge in [0.2, 0.25) is 5.91 Å². The molecule has 0 aromatic carbocycles. The fourth-order valence-corrected chi connectivity index (χ4v) is 4.72. The minimum Gasteiger partial charge on any atom is -0.335 e. The van der Waals surface area contributed by atoms with Crippen LogP contribution in [0.15, 0.2) is 11.4 Å². The summed E-state index contributed by atoms with van der Waals surface area (Å²) in [5.41, 5.74) is 7.44. The van der Waals surface area contributed by atoms with Crippen LogP contribution in [-0.2, 0) is 11.2 Å². The summed E-state index contributed by atoms with van der Waals surface area (Å²) in [7, 11) is 0. The maximum Gasteiger partial charge on any atom is 0.226 e. The van der Waals surface area contributed by atoms with Crippen LogP contribution in [0.3, 0.4) is 0 Å². The average molecular weight is 292 g/mol. The van der Waals surface area contributed by atoms with Crippen LogP contribution in [-0.4, -0.2) is 23.4 Å². The van der Waals surface area contributed by atoms with E-state index in [9.17, 15) is 4.79 Å². The van der Waals surface area contributed by atoms with E-state index in [4.69, 9.17) is 5.73 Å². The smallest absolute Gasteiger partial charge is 0.226 e. The summed E-state index contributed by atoms with van der Waals surface area (Å²) in [5, 5.41) is 2.16. The van der Waals surface area contributed by atoms with E-state index in [0.29, 0.717) is 5.91 Å². The Bertz CT molecular complexity index is 485. The molecule has 110 valence electrons. The number of fused-ring (bicyclic) bond motifs is 1. The number of hydrogen-bond acceptors (Lipinski definition) is 3. The molecule has 2 aliphatic rings. The highest BCUT2D eigenvalue weighted by Crippen LogP contribution is 2.37. The van der Waals surface area contributed by atoms with Crippen molar-refractivity contribution in [3.63, 3.8) is 0 Å². The van der Waals surface area contributed by atoms with Crippen molar-refractivity contribution in [2.24, 2.45) is 11.7 Å². The van der Waals surface area contributed by atoms with E-state index >= 15 is 0 Å². The van der Waals surface area contributed by atoms with Crippen LogP contribution in [0.4, 0.5) is 0 Å². The van der Waals surface area contributed by atoms with Crippen LogP contribution in [0.1, 0.15) is 55.5 Å². The molecule has 0 radical (unpaired) electrons. The largest absolute Gasteiger partial charge is 0.335 e. The van der Waals surface area contributed by atoms with E-state index in [1.165, 1.54) is 10.4 Å². The molecule has 3 atom stereocenters. The number of nitrogens with zero attached hydrogens (tertiary/aromatic N) is 1. The van der Waals surface area contributed by atoms with Crippen molar-refractivity contribution in [1.29, 1.82) is 0 Å². The molecule has 1 aromatic rings. The molecule has 1 saturated carbocycles. The third kappa shape index (κ3) is 2.51. The molecule has 4 heteroatoms. The molecule has 0 saturated heterocycles. The highest BCUT2D eigenvalue weighted by atomic mass is 32.1. The summed E-state index contributed by atoms with van der Waals surface area (Å²) in [4.78, 5) is 16.5. The molecule has 0 spiro atoms. The quantitative estimate of drug-likeness (QED) is 0.910. The lowest BCUT2D eigenvalue weighted by molar-refractivity contribution is -0.139. The van der Waals surface area contributed by atoms with Gasteiger partial charge in [-0.2, -0.15) is 0 Å². The Balaban J connectivity index is 1.78. The normalized spacial score (nSPS) is 30.1. The fourth-order valence-electron chi connectivity index (χ4n) is 3.79. The second-order valence-electron chi connectivity index (χ2n) is 6.13. The first kappa shape index (κ1) is 14.1. The average Bonchev–Trinajstić information content (AvgIpc) is 2.93. The third-order valence-corrected chi connectivity index (χ3v) is 5.83. The summed E-state index contributed by atoms with van der Waals surface area (Å²) in [6.07, 6.45) is 6.11. The van der Waals surface area contributed by atoms with Crippen molar-refractivity contribution in [1.82, 2.24) is 4.90 Å². The minimum absolute atomic E-state index is 0.160. The number of carbonyl (C=O) groups excluding carboxylic acids is 1. The summed E-state index contributed by atoms with van der Waals surface area (Å²) in [6.45, 7) is 3.07. The number of thiophene rings is 1. The van der Waals surface area contributed by atoms with Crippen molar-refractivity contribution < 1.29 is 4.79 Å². The van der Waals surface area contributed by atoms with E-state index in [-0.39, 0.29) is 18.0 Å². The van der Waals surface area contributed by atoms with Gasteiger partial charge in [-0.15, -0.1) is 11.3 Å². The third-order valence-electron chi connectivity index (χ3n) is 4.83. The maximum absolute atomic E-state index is 12.9. The fraction of sp³-hybridized carbons (Fsp3) is 0.688. The monoisotopic (exact) mass is 292 g/mol. The Morgan fingerprint density at radius 2 is 2.35 bits per heavy atom. The minimum atomic E-state index is 0.160. The number of hydrogen-bond donors (Lipinski definition) is 1. The molecule has 2 heterocycles. The summed E-state index contributed by atoms with van der Waals surface area (Å²) < 4.78 is 0. The van der Waals surface area contributed by atoms with Gasteiger partial charge < -0.3 is 10.6 Å². The maximum atomic E-state index is 12.9. The summed E-state index contributed by atoms with van der Waals surface area (Å²) in [5.74, 6) is 0.511. The molecule has 0 bridgehead atoms. The Hall–Kier alpha value is -0.870. The Morgan fingerprint density at radius 1 is 1.50 bits per heavy atom. The van der Waals surface area contributed by atoms with Crippen molar-refractivity contribution in [2.75, 3.05) is 6.54 Å². The Labute approximate surface area is 125 Å². The van der Waals surface area contributed by atoms with Crippen molar-refractivity contribution in [2.45, 2.75) is 57.5 Å². The van der Waals surface area contributed by atoms with Gasteiger partial charge in [0, 0.05) is 23.4 Å². The molecule has 3 unspecified atom stereocenters. The molecule has 2 N–H and O–H groups in total. The van der Waals surface area contributed by atoms with E-state index < -0.39 is 0 Å². The van der Waals surface area contributed by atoms with Gasteiger partial charge in [0.1, 0.15) is 0 Å². The van der Waals surface area contributed by atoms with Crippen LogP contribution in [0.2, 0.25) is 0 Å². The van der Waals surface area contributed by atoms with Gasteiger partial charge in [-0.05, 0) is 49.1 Å². The first-order valence-electron chi connectivity index (χ1n) is 7.83. The molecule has 1 aromatic heterocycles. The lowest BCUT2D eigenvalue weighted by Gasteiger charge is -2.39. The molecular weight excluding hydrogens is 268 g/mol. The van der Waals surface area contributed by atoms with Crippen LogP contribution in [0, 0.1) is 5.92 Å². The van der Waals surface area contributed by atoms with Crippen molar-refractivity contribution in [3.05, 3.63) is 21.9 Å². The van der Waals surface area contributed by atoms with Crippen molar-refractivity contribution >= 4 is 17.2 Å². The molecule has 3 rings (SSSR count). The predicted molar refractivity (Wildman–Crippen MR) is 82.7 cm³/mol. The van der Waals surface area contributed by atoms with Gasteiger partial charge in [0.05, 0.1) is 6.04 Å². The zero-order chi connectivity index (χ0) is 14.1. The second kappa shape index (κ2) is 5.86. The molecule has 3 nitrogen and oxygen atoms in total. The predicted octanol–water partition coefficient (Wildman–Crippen LogP) is 3.10. The second-order valence-corrected chi connectivity index (χ2v) is 7.13. The number of nitrogens with two attached hydrogens (primary N) is 1. The lowest BCUT2D eigenvalue weighted by Crippen LogP contribution is -2.45. The number of carbonyl (C=O) groups is 1. The standard InChI is InChI=1S/C16H24N2OS/c1-2-14-13-7-9-20-15(13)6-8-18(14)16(19)11-4-3-5-12(17)10-11/h7,9,11-12,14H,2-6,8,10,17H2,1H3. The van der Waals surface area contributed by atoms with Crippen LogP contribution in [0.5, 0.6) is 0 Å². The SMILES string of the molecule is CCC1c2ccsc2CCN1C(=O)C1CCCC(N)C1. The van der Waals surface area contributed by atoms with Gasteiger partial charge in [0.15, 0.2) is 0 Å². The van der Waals surface area contributed by atoms with E-state index in [1.807, 2.05) is 11.3 Å². The highest BCUT2D eigenvalue weighted by molar-refractivity contribution is 7.10. The summed E-state index contributed by atoms with van der Waals surface area (Å²) in [6, 6.07) is 2.72. The summed E-state index contributed by atoms with van der Waals surface area (Å²) >= 11 is 1.84. The zero-order valence-electron chi connectivity index (χ0n) is 12.2. The molecule has 1 aliphatic heterocycles. The van der Waals surface area contributed by atoms with Gasteiger partial charge in [-0.25, -0.2) is 0 Å². The van der Waals surface area contributed by atoms with Gasteiger partial charge in [0.25, 0.3) is 0 Å². The first-order chi connectivity index (χ1) is 9.70. The van der Waals surface area contributed by atoms with E-state index in [1.54, 1.807) is 0 Å². The Morgan fingerprint density at radius 3 is 3.10 bits per heavy atom. The first-order valence-corrected chi connectivity index (χ1v) is 8.71. The van der Waals surface area contributed by atoms with Crippen molar-refractivity contribution in [3.8, 4) is 0 Å². The van der Waals surface area contributed by atoms with Crippen LogP contribution in [0.25, 0.3) is 0 Å². The highest BCUT2D eigenvalue weighted by Gasteiger charge is 2.35. The number of rotatable bonds is 2. The molecule has 20 heavy (non-hydrogen) atoms. The molecule has 1 aliphatic carbocycles. The van der Waals surface area contributed by atoms with Crippen LogP contribution < -0.4 is 5.73 Å². The van der Waals surface area contributed by atoms with Gasteiger partial charge in [-0.1, -0.05) is 13.3 Å². The van der Waals surface area contributed by atoms with Gasteiger partial charge in [-0.3, -0.25) is 4.79 Å². The molecular formula is C16H24N2OS. The molecule has 1 amide bonds. The van der Waals surface area contributed by atoms with E-state index in [0.717, 1.165) is 45.1 Å². The zero-order valence-corrected chi connectivity index (χ0v) is 13.0. The topological polar surface area (TPSA) is 46.3 Å². The van der Waals surface area contributed by atoms with Crippen LogP contribution >= 0.6 is 11.3 Å².